The minimum atomic E-state index is 0.646. The van der Waals surface area contributed by atoms with Gasteiger partial charge in [0.15, 0.2) is 0 Å². The van der Waals surface area contributed by atoms with Crippen molar-refractivity contribution in [2.24, 2.45) is 11.8 Å². The van der Waals surface area contributed by atoms with E-state index in [0.717, 1.165) is 31.1 Å². The van der Waals surface area contributed by atoms with Crippen molar-refractivity contribution < 1.29 is 4.74 Å². The summed E-state index contributed by atoms with van der Waals surface area (Å²) in [5.74, 6) is 1.74. The van der Waals surface area contributed by atoms with Gasteiger partial charge in [-0.05, 0) is 44.4 Å². The van der Waals surface area contributed by atoms with Crippen LogP contribution in [0.3, 0.4) is 0 Å². The van der Waals surface area contributed by atoms with Gasteiger partial charge in [-0.15, -0.1) is 0 Å². The molecule has 4 atom stereocenters. The first-order valence-electron chi connectivity index (χ1n) is 6.63. The summed E-state index contributed by atoms with van der Waals surface area (Å²) in [4.78, 5) is 0. The second-order valence-electron chi connectivity index (χ2n) is 5.36. The summed E-state index contributed by atoms with van der Waals surface area (Å²) in [6, 6.07) is 1.43. The average molecular weight is 211 g/mol. The number of hydrogen-bond acceptors (Lipinski definition) is 2. The van der Waals surface area contributed by atoms with Crippen molar-refractivity contribution >= 4 is 0 Å². The van der Waals surface area contributed by atoms with Crippen molar-refractivity contribution in [2.75, 3.05) is 13.2 Å². The van der Waals surface area contributed by atoms with Gasteiger partial charge in [-0.2, -0.15) is 0 Å². The van der Waals surface area contributed by atoms with Crippen LogP contribution in [0.2, 0.25) is 0 Å². The Kier molecular flexibility index (Phi) is 4.04. The Hall–Kier alpha value is -0.0800. The third-order valence-electron chi connectivity index (χ3n) is 4.29. The van der Waals surface area contributed by atoms with Gasteiger partial charge in [0.05, 0.1) is 6.61 Å². The maximum absolute atomic E-state index is 5.44. The first-order chi connectivity index (χ1) is 7.29. The van der Waals surface area contributed by atoms with Crippen molar-refractivity contribution in [1.82, 2.24) is 5.32 Å². The number of hydrogen-bond donors (Lipinski definition) is 1. The van der Waals surface area contributed by atoms with Crippen LogP contribution in [0.25, 0.3) is 0 Å². The predicted molar refractivity (Wildman–Crippen MR) is 62.9 cm³/mol. The Morgan fingerprint density at radius 2 is 2.20 bits per heavy atom. The van der Waals surface area contributed by atoms with Crippen LogP contribution in [-0.4, -0.2) is 25.3 Å². The van der Waals surface area contributed by atoms with Crippen molar-refractivity contribution in [2.45, 2.75) is 58.0 Å². The van der Waals surface area contributed by atoms with Gasteiger partial charge in [0, 0.05) is 18.7 Å². The summed E-state index contributed by atoms with van der Waals surface area (Å²) in [5.41, 5.74) is 0. The van der Waals surface area contributed by atoms with E-state index in [2.05, 4.69) is 19.2 Å². The fraction of sp³-hybridized carbons (Fsp3) is 1.00. The number of nitrogens with one attached hydrogen (secondary N) is 1. The molecule has 0 aromatic heterocycles. The molecule has 2 aliphatic rings. The van der Waals surface area contributed by atoms with Gasteiger partial charge in [0.1, 0.15) is 0 Å². The van der Waals surface area contributed by atoms with E-state index in [4.69, 9.17) is 4.74 Å². The zero-order valence-electron chi connectivity index (χ0n) is 10.2. The standard InChI is InChI=1S/C13H25NO/c1-3-11-4-5-13(8-11)14-10(2)12-6-7-15-9-12/h10-14H,3-9H2,1-2H3. The molecule has 0 aromatic carbocycles. The molecule has 0 amide bonds. The Morgan fingerprint density at radius 3 is 2.80 bits per heavy atom. The van der Waals surface area contributed by atoms with E-state index in [9.17, 15) is 0 Å². The fourth-order valence-corrected chi connectivity index (χ4v) is 3.05. The van der Waals surface area contributed by atoms with Crippen LogP contribution < -0.4 is 5.32 Å². The first-order valence-corrected chi connectivity index (χ1v) is 6.63. The molecule has 2 rings (SSSR count). The fourth-order valence-electron chi connectivity index (χ4n) is 3.05. The molecule has 88 valence electrons. The summed E-state index contributed by atoms with van der Waals surface area (Å²) in [5, 5.41) is 3.81. The molecule has 0 radical (unpaired) electrons. The molecule has 0 bridgehead atoms. The van der Waals surface area contributed by atoms with Crippen LogP contribution in [0.1, 0.15) is 46.0 Å². The van der Waals surface area contributed by atoms with E-state index >= 15 is 0 Å². The van der Waals surface area contributed by atoms with E-state index in [-0.39, 0.29) is 0 Å². The lowest BCUT2D eigenvalue weighted by Crippen LogP contribution is -2.40. The smallest absolute Gasteiger partial charge is 0.0509 e. The van der Waals surface area contributed by atoms with E-state index in [0.29, 0.717) is 6.04 Å². The van der Waals surface area contributed by atoms with Crippen LogP contribution in [0.5, 0.6) is 0 Å². The van der Waals surface area contributed by atoms with Crippen LogP contribution >= 0.6 is 0 Å². The maximum atomic E-state index is 5.44. The van der Waals surface area contributed by atoms with Gasteiger partial charge in [0.2, 0.25) is 0 Å². The van der Waals surface area contributed by atoms with Crippen LogP contribution in [0, 0.1) is 11.8 Å². The van der Waals surface area contributed by atoms with Crippen molar-refractivity contribution in [3.63, 3.8) is 0 Å². The molecule has 1 N–H and O–H groups in total. The second-order valence-corrected chi connectivity index (χ2v) is 5.36. The highest BCUT2D eigenvalue weighted by molar-refractivity contribution is 4.85. The Bertz CT molecular complexity index is 189. The average Bonchev–Trinajstić information content (AvgIpc) is 2.87. The molecule has 0 spiro atoms. The second kappa shape index (κ2) is 5.31. The third kappa shape index (κ3) is 2.94. The molecule has 1 saturated heterocycles. The van der Waals surface area contributed by atoms with E-state index in [1.165, 1.54) is 32.1 Å². The molecular formula is C13H25NO. The van der Waals surface area contributed by atoms with Crippen LogP contribution in [0.15, 0.2) is 0 Å². The molecule has 1 heterocycles. The van der Waals surface area contributed by atoms with Gasteiger partial charge in [-0.3, -0.25) is 0 Å². The highest BCUT2D eigenvalue weighted by Crippen LogP contribution is 2.29. The van der Waals surface area contributed by atoms with Crippen LogP contribution in [-0.2, 0) is 4.74 Å². The summed E-state index contributed by atoms with van der Waals surface area (Å²) >= 11 is 0. The van der Waals surface area contributed by atoms with Gasteiger partial charge < -0.3 is 10.1 Å². The summed E-state index contributed by atoms with van der Waals surface area (Å²) in [7, 11) is 0. The molecule has 0 aromatic rings. The lowest BCUT2D eigenvalue weighted by Gasteiger charge is -2.23. The SMILES string of the molecule is CCC1CCC(NC(C)C2CCOC2)C1. The molecule has 2 fully saturated rings. The Balaban J connectivity index is 1.72. The van der Waals surface area contributed by atoms with Gasteiger partial charge >= 0.3 is 0 Å². The van der Waals surface area contributed by atoms with Crippen molar-refractivity contribution in [3.8, 4) is 0 Å². The quantitative estimate of drug-likeness (QED) is 0.771. The Labute approximate surface area is 93.8 Å². The number of ether oxygens (including phenoxy) is 1. The maximum Gasteiger partial charge on any atom is 0.0509 e. The molecular weight excluding hydrogens is 186 g/mol. The molecule has 1 aliphatic carbocycles. The number of rotatable bonds is 4. The van der Waals surface area contributed by atoms with E-state index in [1.54, 1.807) is 0 Å². The molecule has 15 heavy (non-hydrogen) atoms. The van der Waals surface area contributed by atoms with Gasteiger partial charge in [-0.25, -0.2) is 0 Å². The first kappa shape index (κ1) is 11.4. The summed E-state index contributed by atoms with van der Waals surface area (Å²) in [6.07, 6.45) is 6.82. The Morgan fingerprint density at radius 1 is 1.33 bits per heavy atom. The zero-order chi connectivity index (χ0) is 10.7. The molecule has 2 nitrogen and oxygen atoms in total. The summed E-state index contributed by atoms with van der Waals surface area (Å²) < 4.78 is 5.44. The third-order valence-corrected chi connectivity index (χ3v) is 4.29. The topological polar surface area (TPSA) is 21.3 Å². The minimum Gasteiger partial charge on any atom is -0.381 e. The zero-order valence-corrected chi connectivity index (χ0v) is 10.2. The molecule has 4 unspecified atom stereocenters. The molecule has 1 aliphatic heterocycles. The lowest BCUT2D eigenvalue weighted by molar-refractivity contribution is 0.176. The van der Waals surface area contributed by atoms with Crippen molar-refractivity contribution in [3.05, 3.63) is 0 Å². The van der Waals surface area contributed by atoms with Crippen molar-refractivity contribution in [1.29, 1.82) is 0 Å². The normalized spacial score (nSPS) is 38.4. The minimum absolute atomic E-state index is 0.646. The highest BCUT2D eigenvalue weighted by Gasteiger charge is 2.28. The van der Waals surface area contributed by atoms with Gasteiger partial charge in [0.25, 0.3) is 0 Å². The lowest BCUT2D eigenvalue weighted by atomic mass is 9.99. The largest absolute Gasteiger partial charge is 0.381 e. The summed E-state index contributed by atoms with van der Waals surface area (Å²) in [6.45, 7) is 6.59. The molecule has 1 saturated carbocycles. The predicted octanol–water partition coefficient (Wildman–Crippen LogP) is 2.58. The van der Waals surface area contributed by atoms with Gasteiger partial charge in [-0.1, -0.05) is 13.3 Å². The van der Waals surface area contributed by atoms with E-state index in [1.807, 2.05) is 0 Å². The molecule has 2 heteroatoms. The van der Waals surface area contributed by atoms with E-state index < -0.39 is 0 Å². The highest BCUT2D eigenvalue weighted by atomic mass is 16.5. The van der Waals surface area contributed by atoms with Crippen LogP contribution in [0.4, 0.5) is 0 Å². The monoisotopic (exact) mass is 211 g/mol.